The van der Waals surface area contributed by atoms with Gasteiger partial charge in [0.2, 0.25) is 4.77 Å². The Hall–Kier alpha value is -2.93. The summed E-state index contributed by atoms with van der Waals surface area (Å²) in [5.74, 6) is 1.26. The van der Waals surface area contributed by atoms with Crippen LogP contribution in [0.15, 0.2) is 52.4 Å². The number of hydrogen-bond acceptors (Lipinski definition) is 5. The van der Waals surface area contributed by atoms with E-state index in [1.54, 1.807) is 50.6 Å². The number of ether oxygens (including phenoxy) is 2. The largest absolute Gasteiger partial charge is 0.497 e. The van der Waals surface area contributed by atoms with Crippen LogP contribution >= 0.6 is 12.2 Å². The van der Waals surface area contributed by atoms with E-state index in [4.69, 9.17) is 21.7 Å². The molecule has 3 rings (SSSR count). The summed E-state index contributed by atoms with van der Waals surface area (Å²) in [7, 11) is 3.14. The van der Waals surface area contributed by atoms with Crippen LogP contribution in [0.4, 0.5) is 0 Å². The van der Waals surface area contributed by atoms with Gasteiger partial charge in [-0.05, 0) is 36.5 Å². The Morgan fingerprint density at radius 3 is 2.46 bits per heavy atom. The SMILES string of the molecule is COc1cc(/C=N\n2c(=S)[nH]c3ccccc3c2=O)cc(OC)c1. The van der Waals surface area contributed by atoms with Gasteiger partial charge in [-0.15, -0.1) is 0 Å². The lowest BCUT2D eigenvalue weighted by molar-refractivity contribution is 0.394. The monoisotopic (exact) mass is 341 g/mol. The number of rotatable bonds is 4. The Balaban J connectivity index is 2.08. The van der Waals surface area contributed by atoms with Gasteiger partial charge >= 0.3 is 0 Å². The topological polar surface area (TPSA) is 68.6 Å². The summed E-state index contributed by atoms with van der Waals surface area (Å²) in [4.78, 5) is 15.5. The maximum absolute atomic E-state index is 12.5. The van der Waals surface area contributed by atoms with Crippen LogP contribution in [0, 0.1) is 4.77 Å². The lowest BCUT2D eigenvalue weighted by Gasteiger charge is -2.06. The van der Waals surface area contributed by atoms with Crippen molar-refractivity contribution >= 4 is 29.3 Å². The van der Waals surface area contributed by atoms with Crippen LogP contribution in [-0.4, -0.2) is 30.1 Å². The maximum atomic E-state index is 12.5. The smallest absolute Gasteiger partial charge is 0.282 e. The number of H-pyrrole nitrogens is 1. The first-order valence-electron chi connectivity index (χ1n) is 7.14. The van der Waals surface area contributed by atoms with Gasteiger partial charge in [0.25, 0.3) is 5.56 Å². The van der Waals surface area contributed by atoms with E-state index in [2.05, 4.69) is 10.1 Å². The predicted octanol–water partition coefficient (Wildman–Crippen LogP) is 2.96. The molecule has 0 saturated carbocycles. The summed E-state index contributed by atoms with van der Waals surface area (Å²) in [6.45, 7) is 0. The number of aromatic nitrogens is 2. The van der Waals surface area contributed by atoms with E-state index >= 15 is 0 Å². The van der Waals surface area contributed by atoms with E-state index < -0.39 is 0 Å². The third-order valence-electron chi connectivity index (χ3n) is 3.48. The number of aromatic amines is 1. The highest BCUT2D eigenvalue weighted by molar-refractivity contribution is 7.71. The van der Waals surface area contributed by atoms with E-state index in [0.29, 0.717) is 22.4 Å². The van der Waals surface area contributed by atoms with Crippen molar-refractivity contribution in [2.75, 3.05) is 14.2 Å². The number of nitrogens with zero attached hydrogens (tertiary/aromatic N) is 2. The molecule has 2 aromatic carbocycles. The predicted molar refractivity (Wildman–Crippen MR) is 95.9 cm³/mol. The maximum Gasteiger partial charge on any atom is 0.282 e. The van der Waals surface area contributed by atoms with Gasteiger partial charge in [-0.3, -0.25) is 4.79 Å². The van der Waals surface area contributed by atoms with E-state index in [1.165, 1.54) is 6.21 Å². The van der Waals surface area contributed by atoms with Gasteiger partial charge in [0.1, 0.15) is 11.5 Å². The van der Waals surface area contributed by atoms with Crippen molar-refractivity contribution in [2.24, 2.45) is 5.10 Å². The zero-order valence-electron chi connectivity index (χ0n) is 13.1. The van der Waals surface area contributed by atoms with Crippen LogP contribution in [-0.2, 0) is 0 Å². The van der Waals surface area contributed by atoms with Gasteiger partial charge in [-0.2, -0.15) is 9.78 Å². The van der Waals surface area contributed by atoms with E-state index in [0.717, 1.165) is 10.2 Å². The fourth-order valence-corrected chi connectivity index (χ4v) is 2.53. The van der Waals surface area contributed by atoms with Crippen molar-refractivity contribution in [3.63, 3.8) is 0 Å². The highest BCUT2D eigenvalue weighted by Crippen LogP contribution is 2.21. The molecule has 0 aliphatic rings. The van der Waals surface area contributed by atoms with Gasteiger partial charge in [0, 0.05) is 11.6 Å². The molecule has 0 aliphatic heterocycles. The molecule has 0 amide bonds. The van der Waals surface area contributed by atoms with Crippen molar-refractivity contribution < 1.29 is 9.47 Å². The normalized spacial score (nSPS) is 11.1. The second-order valence-electron chi connectivity index (χ2n) is 4.98. The molecule has 6 nitrogen and oxygen atoms in total. The van der Waals surface area contributed by atoms with Crippen molar-refractivity contribution in [2.45, 2.75) is 0 Å². The lowest BCUT2D eigenvalue weighted by atomic mass is 10.2. The number of benzene rings is 2. The molecule has 7 heteroatoms. The standard InChI is InChI=1S/C17H15N3O3S/c1-22-12-7-11(8-13(9-12)23-2)10-18-20-16(21)14-5-3-4-6-15(14)19-17(20)24/h3-10H,1-2H3,(H,19,24)/b18-10-. The molecule has 0 saturated heterocycles. The van der Waals surface area contributed by atoms with Crippen molar-refractivity contribution in [3.8, 4) is 11.5 Å². The van der Waals surface area contributed by atoms with Crippen LogP contribution in [0.2, 0.25) is 0 Å². The van der Waals surface area contributed by atoms with Crippen molar-refractivity contribution in [3.05, 3.63) is 63.2 Å². The fourth-order valence-electron chi connectivity index (χ4n) is 2.29. The summed E-state index contributed by atoms with van der Waals surface area (Å²) in [6.07, 6.45) is 1.53. The van der Waals surface area contributed by atoms with Crippen LogP contribution < -0.4 is 15.0 Å². The Bertz CT molecular complexity index is 1010. The summed E-state index contributed by atoms with van der Waals surface area (Å²) >= 11 is 5.22. The van der Waals surface area contributed by atoms with Crippen LogP contribution in [0.25, 0.3) is 10.9 Å². The number of fused-ring (bicyclic) bond motifs is 1. The first kappa shape index (κ1) is 15.9. The molecule has 0 spiro atoms. The number of hydrogen-bond donors (Lipinski definition) is 1. The molecule has 0 radical (unpaired) electrons. The zero-order chi connectivity index (χ0) is 17.1. The number of para-hydroxylation sites is 1. The van der Waals surface area contributed by atoms with Gasteiger partial charge in [-0.25, -0.2) is 0 Å². The molecule has 3 aromatic rings. The minimum atomic E-state index is -0.277. The number of methoxy groups -OCH3 is 2. The van der Waals surface area contributed by atoms with Crippen LogP contribution in [0.3, 0.4) is 0 Å². The third kappa shape index (κ3) is 3.07. The molecule has 0 fully saturated rings. The quantitative estimate of drug-likeness (QED) is 0.585. The van der Waals surface area contributed by atoms with Crippen LogP contribution in [0.1, 0.15) is 5.56 Å². The molecule has 0 unspecified atom stereocenters. The lowest BCUT2D eigenvalue weighted by Crippen LogP contribution is -2.18. The van der Waals surface area contributed by atoms with Gasteiger partial charge in [-0.1, -0.05) is 12.1 Å². The summed E-state index contributed by atoms with van der Waals surface area (Å²) < 4.78 is 11.8. The molecule has 1 aromatic heterocycles. The highest BCUT2D eigenvalue weighted by Gasteiger charge is 2.04. The summed E-state index contributed by atoms with van der Waals surface area (Å²) in [6, 6.07) is 12.5. The first-order chi connectivity index (χ1) is 11.6. The molecule has 0 aliphatic carbocycles. The van der Waals surface area contributed by atoms with Gasteiger partial charge in [0.05, 0.1) is 31.3 Å². The molecule has 122 valence electrons. The molecular weight excluding hydrogens is 326 g/mol. The molecule has 0 atom stereocenters. The molecular formula is C17H15N3O3S. The minimum absolute atomic E-state index is 0.227. The average molecular weight is 341 g/mol. The Labute approximate surface area is 143 Å². The average Bonchev–Trinajstić information content (AvgIpc) is 2.61. The molecule has 1 heterocycles. The highest BCUT2D eigenvalue weighted by atomic mass is 32.1. The minimum Gasteiger partial charge on any atom is -0.497 e. The Kier molecular flexibility index (Phi) is 4.43. The fraction of sp³-hybridized carbons (Fsp3) is 0.118. The Morgan fingerprint density at radius 1 is 1.12 bits per heavy atom. The van der Waals surface area contributed by atoms with E-state index in [-0.39, 0.29) is 10.3 Å². The van der Waals surface area contributed by atoms with E-state index in [9.17, 15) is 4.79 Å². The van der Waals surface area contributed by atoms with Crippen molar-refractivity contribution in [1.29, 1.82) is 0 Å². The Morgan fingerprint density at radius 2 is 1.79 bits per heavy atom. The summed E-state index contributed by atoms with van der Waals surface area (Å²) in [5.41, 5.74) is 1.13. The second-order valence-corrected chi connectivity index (χ2v) is 5.37. The molecule has 1 N–H and O–H groups in total. The number of nitrogens with one attached hydrogen (secondary N) is 1. The third-order valence-corrected chi connectivity index (χ3v) is 3.75. The summed E-state index contributed by atoms with van der Waals surface area (Å²) in [5, 5.41) is 4.73. The van der Waals surface area contributed by atoms with E-state index in [1.807, 2.05) is 6.07 Å². The molecule has 24 heavy (non-hydrogen) atoms. The second kappa shape index (κ2) is 6.67. The molecule has 0 bridgehead atoms. The van der Waals surface area contributed by atoms with Crippen molar-refractivity contribution in [1.82, 2.24) is 9.66 Å². The first-order valence-corrected chi connectivity index (χ1v) is 7.54. The van der Waals surface area contributed by atoms with Gasteiger partial charge in [0.15, 0.2) is 0 Å². The zero-order valence-corrected chi connectivity index (χ0v) is 14.0. The van der Waals surface area contributed by atoms with Gasteiger partial charge < -0.3 is 14.5 Å². The van der Waals surface area contributed by atoms with Crippen LogP contribution in [0.5, 0.6) is 11.5 Å².